The molecule has 0 bridgehead atoms. The predicted octanol–water partition coefficient (Wildman–Crippen LogP) is 3.09. The van der Waals surface area contributed by atoms with Crippen LogP contribution in [0.3, 0.4) is 0 Å². The second-order valence-electron chi connectivity index (χ2n) is 5.26. The van der Waals surface area contributed by atoms with Gasteiger partial charge in [0.15, 0.2) is 9.84 Å². The van der Waals surface area contributed by atoms with Gasteiger partial charge in [0, 0.05) is 10.4 Å². The van der Waals surface area contributed by atoms with Crippen molar-refractivity contribution in [3.63, 3.8) is 0 Å². The summed E-state index contributed by atoms with van der Waals surface area (Å²) in [6.45, 7) is 0. The SMILES string of the molecule is O=C(O)[C@H]1[C@H](c2ccc(Br)cc2)[C@@H]1S(=O)(=O)c1ccccc1. The normalized spacial score (nSPS) is 24.0. The van der Waals surface area contributed by atoms with Crippen molar-refractivity contribution in [1.29, 1.82) is 0 Å². The van der Waals surface area contributed by atoms with Gasteiger partial charge in [-0.1, -0.05) is 46.3 Å². The van der Waals surface area contributed by atoms with Crippen LogP contribution >= 0.6 is 15.9 Å². The number of hydrogen-bond acceptors (Lipinski definition) is 3. The number of carbonyl (C=O) groups is 1. The molecule has 114 valence electrons. The van der Waals surface area contributed by atoms with Crippen LogP contribution in [-0.2, 0) is 14.6 Å². The Morgan fingerprint density at radius 3 is 2.14 bits per heavy atom. The number of benzene rings is 2. The molecule has 0 radical (unpaired) electrons. The van der Waals surface area contributed by atoms with Crippen molar-refractivity contribution in [3.8, 4) is 0 Å². The lowest BCUT2D eigenvalue weighted by atomic mass is 10.1. The summed E-state index contributed by atoms with van der Waals surface area (Å²) in [6.07, 6.45) is 0. The molecular formula is C16H13BrO4S. The van der Waals surface area contributed by atoms with Gasteiger partial charge >= 0.3 is 5.97 Å². The monoisotopic (exact) mass is 380 g/mol. The van der Waals surface area contributed by atoms with Crippen molar-refractivity contribution in [3.05, 3.63) is 64.6 Å². The molecule has 0 unspecified atom stereocenters. The summed E-state index contributed by atoms with van der Waals surface area (Å²) in [5, 5.41) is 8.44. The zero-order chi connectivity index (χ0) is 15.9. The highest BCUT2D eigenvalue weighted by Gasteiger charge is 2.63. The van der Waals surface area contributed by atoms with E-state index in [4.69, 9.17) is 0 Å². The maximum atomic E-state index is 12.7. The average Bonchev–Trinajstić information content (AvgIpc) is 3.25. The lowest BCUT2D eigenvalue weighted by Crippen LogP contribution is -2.13. The predicted molar refractivity (Wildman–Crippen MR) is 85.4 cm³/mol. The molecule has 2 aromatic carbocycles. The lowest BCUT2D eigenvalue weighted by molar-refractivity contribution is -0.138. The van der Waals surface area contributed by atoms with Crippen molar-refractivity contribution >= 4 is 31.7 Å². The van der Waals surface area contributed by atoms with Gasteiger partial charge in [-0.2, -0.15) is 0 Å². The molecule has 22 heavy (non-hydrogen) atoms. The van der Waals surface area contributed by atoms with E-state index in [1.54, 1.807) is 42.5 Å². The summed E-state index contributed by atoms with van der Waals surface area (Å²) < 4.78 is 26.2. The minimum atomic E-state index is -3.66. The quantitative estimate of drug-likeness (QED) is 0.884. The maximum absolute atomic E-state index is 12.7. The second-order valence-corrected chi connectivity index (χ2v) is 8.29. The van der Waals surface area contributed by atoms with Gasteiger partial charge in [0.2, 0.25) is 0 Å². The first-order valence-electron chi connectivity index (χ1n) is 6.70. The number of carboxylic acids is 1. The van der Waals surface area contributed by atoms with Gasteiger partial charge in [-0.25, -0.2) is 8.42 Å². The van der Waals surface area contributed by atoms with Gasteiger partial charge in [-0.3, -0.25) is 4.79 Å². The minimum absolute atomic E-state index is 0.172. The third-order valence-corrected chi connectivity index (χ3v) is 6.68. The summed E-state index contributed by atoms with van der Waals surface area (Å²) in [6, 6.07) is 15.1. The molecule has 1 N–H and O–H groups in total. The fourth-order valence-electron chi connectivity index (χ4n) is 2.81. The van der Waals surface area contributed by atoms with E-state index < -0.39 is 32.9 Å². The van der Waals surface area contributed by atoms with Crippen LogP contribution in [0.2, 0.25) is 0 Å². The number of carboxylic acid groups (broad SMARTS) is 1. The van der Waals surface area contributed by atoms with E-state index >= 15 is 0 Å². The molecule has 1 saturated carbocycles. The number of rotatable bonds is 4. The zero-order valence-corrected chi connectivity index (χ0v) is 13.8. The van der Waals surface area contributed by atoms with Gasteiger partial charge in [-0.15, -0.1) is 0 Å². The molecule has 0 aromatic heterocycles. The van der Waals surface area contributed by atoms with Crippen LogP contribution in [0, 0.1) is 5.92 Å². The molecule has 1 fully saturated rings. The van der Waals surface area contributed by atoms with Crippen LogP contribution in [0.4, 0.5) is 0 Å². The molecule has 6 heteroatoms. The van der Waals surface area contributed by atoms with Gasteiger partial charge in [0.1, 0.15) is 0 Å². The van der Waals surface area contributed by atoms with E-state index in [-0.39, 0.29) is 4.90 Å². The first-order chi connectivity index (χ1) is 10.4. The summed E-state index contributed by atoms with van der Waals surface area (Å²) in [5.74, 6) is -2.47. The average molecular weight is 381 g/mol. The lowest BCUT2D eigenvalue weighted by Gasteiger charge is -2.04. The highest BCUT2D eigenvalue weighted by Crippen LogP contribution is 2.54. The van der Waals surface area contributed by atoms with Crippen molar-refractivity contribution < 1.29 is 18.3 Å². The van der Waals surface area contributed by atoms with Crippen LogP contribution in [0.1, 0.15) is 11.5 Å². The third kappa shape index (κ3) is 2.57. The van der Waals surface area contributed by atoms with Crippen molar-refractivity contribution in [1.82, 2.24) is 0 Å². The molecular weight excluding hydrogens is 368 g/mol. The molecule has 0 heterocycles. The largest absolute Gasteiger partial charge is 0.481 e. The number of halogens is 1. The number of aliphatic carboxylic acids is 1. The van der Waals surface area contributed by atoms with Gasteiger partial charge in [-0.05, 0) is 29.8 Å². The highest BCUT2D eigenvalue weighted by molar-refractivity contribution is 9.10. The molecule has 1 aliphatic rings. The first kappa shape index (κ1) is 15.2. The Morgan fingerprint density at radius 1 is 1.00 bits per heavy atom. The molecule has 4 nitrogen and oxygen atoms in total. The Hall–Kier alpha value is -1.66. The molecule has 3 rings (SSSR count). The van der Waals surface area contributed by atoms with E-state index in [1.807, 2.05) is 0 Å². The topological polar surface area (TPSA) is 71.4 Å². The van der Waals surface area contributed by atoms with E-state index in [0.29, 0.717) is 0 Å². The molecule has 3 atom stereocenters. The van der Waals surface area contributed by atoms with Crippen LogP contribution in [0.5, 0.6) is 0 Å². The summed E-state index contributed by atoms with van der Waals surface area (Å²) in [5.41, 5.74) is 0.736. The summed E-state index contributed by atoms with van der Waals surface area (Å²) in [7, 11) is -3.66. The number of hydrogen-bond donors (Lipinski definition) is 1. The zero-order valence-electron chi connectivity index (χ0n) is 11.4. The standard InChI is InChI=1S/C16H13BrO4S/c17-11-8-6-10(7-9-11)13-14(16(18)19)15(13)22(20,21)12-4-2-1-3-5-12/h1-9,13-15H,(H,18,19)/t13-,14-,15-/m0/s1. The second kappa shape index (κ2) is 5.52. The Balaban J connectivity index is 1.99. The van der Waals surface area contributed by atoms with E-state index in [1.165, 1.54) is 12.1 Å². The maximum Gasteiger partial charge on any atom is 0.308 e. The molecule has 1 aliphatic carbocycles. The van der Waals surface area contributed by atoms with Crippen LogP contribution < -0.4 is 0 Å². The van der Waals surface area contributed by atoms with E-state index in [9.17, 15) is 18.3 Å². The Labute approximate surface area is 136 Å². The molecule has 0 amide bonds. The first-order valence-corrected chi connectivity index (χ1v) is 9.04. The Morgan fingerprint density at radius 2 is 1.59 bits per heavy atom. The Bertz CT molecular complexity index is 800. The van der Waals surface area contributed by atoms with Crippen LogP contribution in [0.25, 0.3) is 0 Å². The Kier molecular flexibility index (Phi) is 3.82. The molecule has 2 aromatic rings. The van der Waals surface area contributed by atoms with E-state index in [2.05, 4.69) is 15.9 Å². The summed E-state index contributed by atoms with van der Waals surface area (Å²) in [4.78, 5) is 11.6. The molecule has 0 aliphatic heterocycles. The smallest absolute Gasteiger partial charge is 0.308 e. The fraction of sp³-hybridized carbons (Fsp3) is 0.188. The van der Waals surface area contributed by atoms with E-state index in [0.717, 1.165) is 10.0 Å². The minimum Gasteiger partial charge on any atom is -0.481 e. The van der Waals surface area contributed by atoms with Crippen LogP contribution in [-0.4, -0.2) is 24.7 Å². The number of sulfone groups is 1. The molecule has 0 spiro atoms. The van der Waals surface area contributed by atoms with Crippen molar-refractivity contribution in [2.45, 2.75) is 16.1 Å². The van der Waals surface area contributed by atoms with Crippen molar-refractivity contribution in [2.75, 3.05) is 0 Å². The third-order valence-electron chi connectivity index (χ3n) is 3.92. The highest BCUT2D eigenvalue weighted by atomic mass is 79.9. The van der Waals surface area contributed by atoms with Gasteiger partial charge in [0.25, 0.3) is 0 Å². The van der Waals surface area contributed by atoms with Crippen molar-refractivity contribution in [2.24, 2.45) is 5.92 Å². The van der Waals surface area contributed by atoms with Crippen LogP contribution in [0.15, 0.2) is 64.0 Å². The summed E-state index contributed by atoms with van der Waals surface area (Å²) >= 11 is 3.32. The fourth-order valence-corrected chi connectivity index (χ4v) is 5.22. The van der Waals surface area contributed by atoms with Gasteiger partial charge in [0.05, 0.1) is 16.1 Å². The molecule has 0 saturated heterocycles. The van der Waals surface area contributed by atoms with Gasteiger partial charge < -0.3 is 5.11 Å².